The van der Waals surface area contributed by atoms with E-state index < -0.39 is 16.0 Å². The van der Waals surface area contributed by atoms with Gasteiger partial charge in [-0.25, -0.2) is 18.2 Å². The average Bonchev–Trinajstić information content (AvgIpc) is 2.47. The van der Waals surface area contributed by atoms with Gasteiger partial charge in [-0.3, -0.25) is 4.90 Å². The molecule has 116 valence electrons. The number of rotatable bonds is 4. The van der Waals surface area contributed by atoms with Crippen molar-refractivity contribution in [2.75, 3.05) is 26.2 Å². The van der Waals surface area contributed by atoms with Gasteiger partial charge in [0, 0.05) is 31.9 Å². The number of aromatic nitrogens is 1. The standard InChI is InChI=1S/C13H19N3O4S/c1-3-15-6-7-16(9-10(15)2)21(19,20)12-5-4-11(8-14-12)13(17)18/h4-5,8,10H,3,6-7,9H2,1-2H3,(H,17,18). The summed E-state index contributed by atoms with van der Waals surface area (Å²) >= 11 is 0. The molecule has 0 bridgehead atoms. The van der Waals surface area contributed by atoms with Gasteiger partial charge in [0.05, 0.1) is 5.56 Å². The number of carboxylic acid groups (broad SMARTS) is 1. The first-order valence-electron chi connectivity index (χ1n) is 6.79. The Labute approximate surface area is 124 Å². The highest BCUT2D eigenvalue weighted by atomic mass is 32.2. The van der Waals surface area contributed by atoms with Gasteiger partial charge in [0.25, 0.3) is 10.0 Å². The first kappa shape index (κ1) is 15.9. The Hall–Kier alpha value is -1.51. The van der Waals surface area contributed by atoms with Crippen molar-refractivity contribution in [1.82, 2.24) is 14.2 Å². The minimum absolute atomic E-state index is 0.0295. The van der Waals surface area contributed by atoms with Gasteiger partial charge in [-0.15, -0.1) is 0 Å². The second-order valence-corrected chi connectivity index (χ2v) is 6.92. The largest absolute Gasteiger partial charge is 0.478 e. The number of aromatic carboxylic acids is 1. The lowest BCUT2D eigenvalue weighted by atomic mass is 10.2. The monoisotopic (exact) mass is 313 g/mol. The normalized spacial score (nSPS) is 21.3. The molecule has 1 N–H and O–H groups in total. The molecule has 0 aliphatic carbocycles. The Morgan fingerprint density at radius 3 is 2.62 bits per heavy atom. The maximum absolute atomic E-state index is 12.5. The van der Waals surface area contributed by atoms with Gasteiger partial charge < -0.3 is 5.11 Å². The molecule has 21 heavy (non-hydrogen) atoms. The van der Waals surface area contributed by atoms with Crippen LogP contribution in [-0.2, 0) is 10.0 Å². The molecule has 0 radical (unpaired) electrons. The van der Waals surface area contributed by atoms with Crippen LogP contribution >= 0.6 is 0 Å². The molecule has 8 heteroatoms. The van der Waals surface area contributed by atoms with Gasteiger partial charge in [0.1, 0.15) is 0 Å². The first-order chi connectivity index (χ1) is 9.86. The molecule has 0 amide bonds. The van der Waals surface area contributed by atoms with Gasteiger partial charge in [0.15, 0.2) is 5.03 Å². The molecule has 1 aliphatic rings. The summed E-state index contributed by atoms with van der Waals surface area (Å²) in [6, 6.07) is 2.65. The minimum atomic E-state index is -3.67. The van der Waals surface area contributed by atoms with Gasteiger partial charge >= 0.3 is 5.97 Å². The molecule has 1 atom stereocenters. The second kappa shape index (κ2) is 6.08. The maximum atomic E-state index is 12.5. The van der Waals surface area contributed by atoms with E-state index in [9.17, 15) is 13.2 Å². The van der Waals surface area contributed by atoms with E-state index in [2.05, 4.69) is 9.88 Å². The molecule has 0 spiro atoms. The molecule has 2 rings (SSSR count). The molecule has 1 fully saturated rings. The lowest BCUT2D eigenvalue weighted by Gasteiger charge is -2.38. The fourth-order valence-electron chi connectivity index (χ4n) is 2.44. The number of carbonyl (C=O) groups is 1. The van der Waals surface area contributed by atoms with Crippen molar-refractivity contribution in [3.8, 4) is 0 Å². The summed E-state index contributed by atoms with van der Waals surface area (Å²) in [4.78, 5) is 16.8. The van der Waals surface area contributed by atoms with Crippen molar-refractivity contribution in [2.24, 2.45) is 0 Å². The first-order valence-corrected chi connectivity index (χ1v) is 8.23. The summed E-state index contributed by atoms with van der Waals surface area (Å²) in [6.45, 7) is 6.45. The van der Waals surface area contributed by atoms with Crippen LogP contribution in [0.2, 0.25) is 0 Å². The highest BCUT2D eigenvalue weighted by molar-refractivity contribution is 7.89. The van der Waals surface area contributed by atoms with Crippen molar-refractivity contribution in [2.45, 2.75) is 24.9 Å². The van der Waals surface area contributed by atoms with E-state index in [0.717, 1.165) is 12.7 Å². The number of carboxylic acids is 1. The summed E-state index contributed by atoms with van der Waals surface area (Å²) < 4.78 is 26.4. The van der Waals surface area contributed by atoms with Crippen molar-refractivity contribution in [3.05, 3.63) is 23.9 Å². The quantitative estimate of drug-likeness (QED) is 0.870. The van der Waals surface area contributed by atoms with Crippen molar-refractivity contribution in [1.29, 1.82) is 0 Å². The van der Waals surface area contributed by atoms with Crippen molar-refractivity contribution in [3.63, 3.8) is 0 Å². The average molecular weight is 313 g/mol. The van der Waals surface area contributed by atoms with Crippen LogP contribution in [0.3, 0.4) is 0 Å². The highest BCUT2D eigenvalue weighted by Crippen LogP contribution is 2.18. The van der Waals surface area contributed by atoms with Crippen LogP contribution in [0.4, 0.5) is 0 Å². The molecule has 0 aromatic carbocycles. The fourth-order valence-corrected chi connectivity index (χ4v) is 3.87. The van der Waals surface area contributed by atoms with Gasteiger partial charge in [-0.2, -0.15) is 4.31 Å². The molecule has 0 saturated carbocycles. The van der Waals surface area contributed by atoms with E-state index in [-0.39, 0.29) is 16.6 Å². The van der Waals surface area contributed by atoms with Crippen LogP contribution in [0.5, 0.6) is 0 Å². The highest BCUT2D eigenvalue weighted by Gasteiger charge is 2.32. The number of likely N-dealkylation sites (N-methyl/N-ethyl adjacent to an activating group) is 1. The summed E-state index contributed by atoms with van der Waals surface area (Å²) in [5.41, 5.74) is -0.0295. The molecule has 1 unspecified atom stereocenters. The summed E-state index contributed by atoms with van der Waals surface area (Å²) in [5, 5.41) is 8.71. The van der Waals surface area contributed by atoms with Gasteiger partial charge in [-0.1, -0.05) is 6.92 Å². The number of nitrogens with zero attached hydrogens (tertiary/aromatic N) is 3. The van der Waals surface area contributed by atoms with Crippen molar-refractivity contribution >= 4 is 16.0 Å². The SMILES string of the molecule is CCN1CCN(S(=O)(=O)c2ccc(C(=O)O)cn2)CC1C. The summed E-state index contributed by atoms with van der Waals surface area (Å²) in [5.74, 6) is -1.13. The van der Waals surface area contributed by atoms with Crippen LogP contribution in [-0.4, -0.2) is 65.9 Å². The lowest BCUT2D eigenvalue weighted by Crippen LogP contribution is -2.53. The van der Waals surface area contributed by atoms with E-state index in [1.807, 2.05) is 13.8 Å². The number of sulfonamides is 1. The van der Waals surface area contributed by atoms with Crippen molar-refractivity contribution < 1.29 is 18.3 Å². The lowest BCUT2D eigenvalue weighted by molar-refractivity contribution is 0.0696. The maximum Gasteiger partial charge on any atom is 0.337 e. The zero-order valence-electron chi connectivity index (χ0n) is 12.1. The van der Waals surface area contributed by atoms with Crippen LogP contribution < -0.4 is 0 Å². The van der Waals surface area contributed by atoms with Crippen LogP contribution in [0, 0.1) is 0 Å². The predicted molar refractivity (Wildman–Crippen MR) is 76.7 cm³/mol. The molecule has 1 saturated heterocycles. The zero-order valence-corrected chi connectivity index (χ0v) is 12.9. The topological polar surface area (TPSA) is 90.8 Å². The third-order valence-electron chi connectivity index (χ3n) is 3.72. The molecular weight excluding hydrogens is 294 g/mol. The van der Waals surface area contributed by atoms with Gasteiger partial charge in [-0.05, 0) is 25.6 Å². The number of hydrogen-bond donors (Lipinski definition) is 1. The Balaban J connectivity index is 2.20. The Morgan fingerprint density at radius 1 is 1.43 bits per heavy atom. The molecule has 1 aliphatic heterocycles. The van der Waals surface area contributed by atoms with Gasteiger partial charge in [0.2, 0.25) is 0 Å². The third-order valence-corrected chi connectivity index (χ3v) is 5.50. The summed E-state index contributed by atoms with van der Waals surface area (Å²) in [7, 11) is -3.67. The van der Waals surface area contributed by atoms with E-state index in [1.54, 1.807) is 0 Å². The molecule has 1 aromatic heterocycles. The molecule has 2 heterocycles. The number of piperazine rings is 1. The smallest absolute Gasteiger partial charge is 0.337 e. The van der Waals surface area contributed by atoms with E-state index in [0.29, 0.717) is 19.6 Å². The van der Waals surface area contributed by atoms with E-state index >= 15 is 0 Å². The predicted octanol–water partition coefficient (Wildman–Crippen LogP) is 0.494. The molecular formula is C13H19N3O4S. The number of pyridine rings is 1. The Morgan fingerprint density at radius 2 is 2.14 bits per heavy atom. The minimum Gasteiger partial charge on any atom is -0.478 e. The van der Waals surface area contributed by atoms with E-state index in [4.69, 9.17) is 5.11 Å². The Bertz CT molecular complexity index is 615. The second-order valence-electron chi connectivity index (χ2n) is 5.03. The molecule has 1 aromatic rings. The van der Waals surface area contributed by atoms with Crippen LogP contribution in [0.15, 0.2) is 23.4 Å². The molecule has 7 nitrogen and oxygen atoms in total. The third kappa shape index (κ3) is 3.22. The Kier molecular flexibility index (Phi) is 4.60. The number of hydrogen-bond acceptors (Lipinski definition) is 5. The van der Waals surface area contributed by atoms with Crippen LogP contribution in [0.1, 0.15) is 24.2 Å². The van der Waals surface area contributed by atoms with Crippen LogP contribution in [0.25, 0.3) is 0 Å². The summed E-state index contributed by atoms with van der Waals surface area (Å²) in [6.07, 6.45) is 1.07. The fraction of sp³-hybridized carbons (Fsp3) is 0.538. The zero-order chi connectivity index (χ0) is 15.6. The van der Waals surface area contributed by atoms with E-state index in [1.165, 1.54) is 16.4 Å².